The van der Waals surface area contributed by atoms with Crippen molar-refractivity contribution in [3.63, 3.8) is 0 Å². The van der Waals surface area contributed by atoms with Gasteiger partial charge >= 0.3 is 0 Å². The average Bonchev–Trinajstić information content (AvgIpc) is 2.13. The molecule has 0 amide bonds. The lowest BCUT2D eigenvalue weighted by Gasteiger charge is -2.11. The van der Waals surface area contributed by atoms with Gasteiger partial charge in [0.25, 0.3) is 6.43 Å². The molecular formula is C8H7ClF5N. The van der Waals surface area contributed by atoms with Crippen LogP contribution in [0.1, 0.15) is 11.6 Å². The fraction of sp³-hybridized carbons (Fsp3) is 0.250. The van der Waals surface area contributed by atoms with Crippen LogP contribution in [-0.4, -0.2) is 6.43 Å². The maximum absolute atomic E-state index is 12.8. The molecule has 1 aromatic carbocycles. The first-order chi connectivity index (χ1) is 6.45. The maximum Gasteiger partial charge on any atom is 0.257 e. The van der Waals surface area contributed by atoms with Crippen LogP contribution in [0.25, 0.3) is 0 Å². The second-order valence-electron chi connectivity index (χ2n) is 2.62. The Morgan fingerprint density at radius 2 is 1.53 bits per heavy atom. The smallest absolute Gasteiger partial charge is 0.257 e. The van der Waals surface area contributed by atoms with Crippen molar-refractivity contribution in [2.24, 2.45) is 5.73 Å². The second-order valence-corrected chi connectivity index (χ2v) is 2.62. The summed E-state index contributed by atoms with van der Waals surface area (Å²) in [6.45, 7) is 0. The number of alkyl halides is 2. The molecule has 0 aliphatic carbocycles. The van der Waals surface area contributed by atoms with Gasteiger partial charge in [-0.1, -0.05) is 6.07 Å². The van der Waals surface area contributed by atoms with Gasteiger partial charge in [-0.05, 0) is 6.07 Å². The van der Waals surface area contributed by atoms with Gasteiger partial charge in [-0.3, -0.25) is 0 Å². The highest BCUT2D eigenvalue weighted by Crippen LogP contribution is 2.23. The van der Waals surface area contributed by atoms with Crippen molar-refractivity contribution in [2.75, 3.05) is 0 Å². The zero-order chi connectivity index (χ0) is 10.9. The van der Waals surface area contributed by atoms with Crippen LogP contribution in [0.15, 0.2) is 12.1 Å². The standard InChI is InChI=1S/C8H6F5N.ClH/c9-4-2-1-3(5(10)6(4)11)7(14)8(12)13;/h1-2,7-8H,14H2;1H/t7-;/m1./s1. The predicted molar refractivity (Wildman–Crippen MR) is 46.5 cm³/mol. The molecular weight excluding hydrogens is 241 g/mol. The maximum atomic E-state index is 12.8. The largest absolute Gasteiger partial charge is 0.319 e. The lowest BCUT2D eigenvalue weighted by atomic mass is 10.1. The summed E-state index contributed by atoms with van der Waals surface area (Å²) in [5.41, 5.74) is 4.14. The van der Waals surface area contributed by atoms with E-state index in [1.165, 1.54) is 0 Å². The number of benzene rings is 1. The Hall–Kier alpha value is -0.880. The molecule has 0 aliphatic heterocycles. The van der Waals surface area contributed by atoms with Gasteiger partial charge in [-0.25, -0.2) is 22.0 Å². The Morgan fingerprint density at radius 1 is 1.00 bits per heavy atom. The Bertz CT molecular complexity index is 344. The van der Waals surface area contributed by atoms with E-state index >= 15 is 0 Å². The molecule has 0 aliphatic rings. The first-order valence-corrected chi connectivity index (χ1v) is 3.62. The average molecular weight is 248 g/mol. The fourth-order valence-corrected chi connectivity index (χ4v) is 0.934. The van der Waals surface area contributed by atoms with E-state index in [2.05, 4.69) is 0 Å². The first-order valence-electron chi connectivity index (χ1n) is 3.62. The minimum Gasteiger partial charge on any atom is -0.319 e. The van der Waals surface area contributed by atoms with Crippen molar-refractivity contribution < 1.29 is 22.0 Å². The summed E-state index contributed by atoms with van der Waals surface area (Å²) in [6, 6.07) is -0.703. The van der Waals surface area contributed by atoms with Crippen LogP contribution in [0.4, 0.5) is 22.0 Å². The molecule has 0 radical (unpaired) electrons. The lowest BCUT2D eigenvalue weighted by Crippen LogP contribution is -2.21. The summed E-state index contributed by atoms with van der Waals surface area (Å²) in [5, 5.41) is 0. The van der Waals surface area contributed by atoms with Crippen LogP contribution in [0.3, 0.4) is 0 Å². The van der Waals surface area contributed by atoms with Crippen molar-refractivity contribution in [1.29, 1.82) is 0 Å². The fourth-order valence-electron chi connectivity index (χ4n) is 0.934. The van der Waals surface area contributed by atoms with Crippen molar-refractivity contribution >= 4 is 12.4 Å². The SMILES string of the molecule is Cl.N[C@H](c1ccc(F)c(F)c1F)C(F)F. The Labute approximate surface area is 88.5 Å². The van der Waals surface area contributed by atoms with Gasteiger partial charge < -0.3 is 5.73 Å². The number of halogens is 6. The molecule has 15 heavy (non-hydrogen) atoms. The summed E-state index contributed by atoms with van der Waals surface area (Å²) >= 11 is 0. The normalized spacial score (nSPS) is 12.5. The van der Waals surface area contributed by atoms with Crippen molar-refractivity contribution in [2.45, 2.75) is 12.5 Å². The summed E-state index contributed by atoms with van der Waals surface area (Å²) in [4.78, 5) is 0. The second kappa shape index (κ2) is 5.27. The zero-order valence-electron chi connectivity index (χ0n) is 7.18. The van der Waals surface area contributed by atoms with Gasteiger partial charge in [0, 0.05) is 5.56 Å². The molecule has 0 heterocycles. The van der Waals surface area contributed by atoms with Gasteiger partial charge in [-0.15, -0.1) is 12.4 Å². The molecule has 0 fully saturated rings. The van der Waals surface area contributed by atoms with Crippen LogP contribution in [0.5, 0.6) is 0 Å². The third kappa shape index (κ3) is 2.79. The summed E-state index contributed by atoms with van der Waals surface area (Å²) in [7, 11) is 0. The molecule has 0 saturated heterocycles. The topological polar surface area (TPSA) is 26.0 Å². The zero-order valence-corrected chi connectivity index (χ0v) is 8.00. The van der Waals surface area contributed by atoms with Gasteiger partial charge in [0.2, 0.25) is 0 Å². The molecule has 0 unspecified atom stereocenters. The van der Waals surface area contributed by atoms with E-state index in [-0.39, 0.29) is 12.4 Å². The summed E-state index contributed by atoms with van der Waals surface area (Å²) < 4.78 is 61.8. The molecule has 0 saturated carbocycles. The molecule has 0 bridgehead atoms. The highest BCUT2D eigenvalue weighted by Gasteiger charge is 2.24. The number of hydrogen-bond donors (Lipinski definition) is 1. The van der Waals surface area contributed by atoms with Gasteiger partial charge in [0.05, 0.1) is 6.04 Å². The summed E-state index contributed by atoms with van der Waals surface area (Å²) in [5.74, 6) is -4.90. The molecule has 2 N–H and O–H groups in total. The van der Waals surface area contributed by atoms with Gasteiger partial charge in [0.1, 0.15) is 0 Å². The molecule has 1 atom stereocenters. The minimum atomic E-state index is -3.03. The van der Waals surface area contributed by atoms with Gasteiger partial charge in [-0.2, -0.15) is 0 Å². The third-order valence-electron chi connectivity index (χ3n) is 1.70. The van der Waals surface area contributed by atoms with Crippen LogP contribution >= 0.6 is 12.4 Å². The van der Waals surface area contributed by atoms with E-state index in [1.807, 2.05) is 0 Å². The Kier molecular flexibility index (Phi) is 4.96. The van der Waals surface area contributed by atoms with Crippen LogP contribution in [-0.2, 0) is 0 Å². The van der Waals surface area contributed by atoms with E-state index in [1.54, 1.807) is 0 Å². The number of nitrogens with two attached hydrogens (primary N) is 1. The molecule has 1 rings (SSSR count). The Balaban J connectivity index is 0.00000196. The molecule has 86 valence electrons. The monoisotopic (exact) mass is 247 g/mol. The highest BCUT2D eigenvalue weighted by atomic mass is 35.5. The lowest BCUT2D eigenvalue weighted by molar-refractivity contribution is 0.114. The van der Waals surface area contributed by atoms with Crippen LogP contribution in [0, 0.1) is 17.5 Å². The van der Waals surface area contributed by atoms with E-state index in [9.17, 15) is 22.0 Å². The van der Waals surface area contributed by atoms with Crippen molar-refractivity contribution in [3.05, 3.63) is 35.1 Å². The van der Waals surface area contributed by atoms with Crippen LogP contribution < -0.4 is 5.73 Å². The third-order valence-corrected chi connectivity index (χ3v) is 1.70. The van der Waals surface area contributed by atoms with E-state index < -0.39 is 35.5 Å². The molecule has 7 heteroatoms. The Morgan fingerprint density at radius 3 is 2.00 bits per heavy atom. The minimum absolute atomic E-state index is 0. The van der Waals surface area contributed by atoms with Crippen molar-refractivity contribution in [3.8, 4) is 0 Å². The number of hydrogen-bond acceptors (Lipinski definition) is 1. The van der Waals surface area contributed by atoms with Gasteiger partial charge in [0.15, 0.2) is 17.5 Å². The van der Waals surface area contributed by atoms with E-state index in [0.717, 1.165) is 0 Å². The van der Waals surface area contributed by atoms with Crippen molar-refractivity contribution in [1.82, 2.24) is 0 Å². The number of rotatable bonds is 2. The van der Waals surface area contributed by atoms with E-state index in [0.29, 0.717) is 12.1 Å². The van der Waals surface area contributed by atoms with Crippen LogP contribution in [0.2, 0.25) is 0 Å². The first kappa shape index (κ1) is 14.1. The molecule has 0 spiro atoms. The predicted octanol–water partition coefficient (Wildman–Crippen LogP) is 2.79. The summed E-state index contributed by atoms with van der Waals surface area (Å²) in [6.07, 6.45) is -3.03. The molecule has 1 nitrogen and oxygen atoms in total. The van der Waals surface area contributed by atoms with E-state index in [4.69, 9.17) is 5.73 Å². The highest BCUT2D eigenvalue weighted by molar-refractivity contribution is 5.85. The molecule has 0 aromatic heterocycles. The quantitative estimate of drug-likeness (QED) is 0.631. The molecule has 1 aromatic rings.